The molecule has 3 heterocycles. The van der Waals surface area contributed by atoms with Gasteiger partial charge in [0.1, 0.15) is 11.0 Å². The topological polar surface area (TPSA) is 59.3 Å². The molecule has 1 saturated heterocycles. The molecule has 0 aliphatic carbocycles. The number of benzene rings is 1. The fourth-order valence-electron chi connectivity index (χ4n) is 4.21. The van der Waals surface area contributed by atoms with Crippen LogP contribution in [0.5, 0.6) is 0 Å². The van der Waals surface area contributed by atoms with Gasteiger partial charge in [-0.3, -0.25) is 4.68 Å². The molecule has 0 atom stereocenters. The van der Waals surface area contributed by atoms with Crippen LogP contribution in [-0.4, -0.2) is 52.6 Å². The van der Waals surface area contributed by atoms with Crippen molar-refractivity contribution in [3.63, 3.8) is 0 Å². The summed E-state index contributed by atoms with van der Waals surface area (Å²) in [5.74, 6) is 1.29. The Morgan fingerprint density at radius 1 is 1.19 bits per heavy atom. The summed E-state index contributed by atoms with van der Waals surface area (Å²) in [6, 6.07) is 8.83. The Balaban J connectivity index is 1.63. The number of fused-ring (bicyclic) bond motifs is 1. The van der Waals surface area contributed by atoms with E-state index >= 15 is 0 Å². The molecule has 3 aromatic rings. The highest BCUT2D eigenvalue weighted by Gasteiger charge is 2.18. The Morgan fingerprint density at radius 3 is 2.74 bits per heavy atom. The Morgan fingerprint density at radius 2 is 2.00 bits per heavy atom. The van der Waals surface area contributed by atoms with Gasteiger partial charge >= 0.3 is 0 Å². The molecular formula is C24H34N6O. The molecule has 1 aliphatic heterocycles. The number of aromatic nitrogens is 4. The molecule has 0 amide bonds. The summed E-state index contributed by atoms with van der Waals surface area (Å²) in [7, 11) is 1.97. The lowest BCUT2D eigenvalue weighted by Crippen LogP contribution is -2.36. The van der Waals surface area contributed by atoms with Crippen molar-refractivity contribution >= 4 is 22.7 Å². The van der Waals surface area contributed by atoms with Crippen LogP contribution in [0.3, 0.4) is 0 Å². The average molecular weight is 423 g/mol. The highest BCUT2D eigenvalue weighted by Crippen LogP contribution is 2.23. The summed E-state index contributed by atoms with van der Waals surface area (Å²) < 4.78 is 7.40. The van der Waals surface area contributed by atoms with Crippen LogP contribution in [-0.2, 0) is 24.8 Å². The molecule has 0 spiro atoms. The molecule has 1 fully saturated rings. The third-order valence-corrected chi connectivity index (χ3v) is 5.66. The lowest BCUT2D eigenvalue weighted by molar-refractivity contribution is 0.122. The van der Waals surface area contributed by atoms with Crippen molar-refractivity contribution in [2.45, 2.75) is 40.2 Å². The summed E-state index contributed by atoms with van der Waals surface area (Å²) in [5.41, 5.74) is 5.56. The van der Waals surface area contributed by atoms with Crippen molar-refractivity contribution in [3.8, 4) is 0 Å². The zero-order valence-corrected chi connectivity index (χ0v) is 19.2. The summed E-state index contributed by atoms with van der Waals surface area (Å²) in [6.45, 7) is 11.8. The number of rotatable bonds is 8. The molecule has 2 aromatic heterocycles. The first kappa shape index (κ1) is 21.6. The van der Waals surface area contributed by atoms with Gasteiger partial charge in [0.2, 0.25) is 5.95 Å². The van der Waals surface area contributed by atoms with Crippen LogP contribution in [0.1, 0.15) is 38.4 Å². The third kappa shape index (κ3) is 4.98. The average Bonchev–Trinajstić information content (AvgIpc) is 3.09. The molecule has 0 bridgehead atoms. The maximum absolute atomic E-state index is 5.51. The minimum Gasteiger partial charge on any atom is -0.378 e. The normalized spacial score (nSPS) is 14.5. The molecule has 0 N–H and O–H groups in total. The van der Waals surface area contributed by atoms with Gasteiger partial charge in [0.25, 0.3) is 0 Å². The van der Waals surface area contributed by atoms with Gasteiger partial charge in [-0.15, -0.1) is 0 Å². The SMILES string of the molecule is CCCc1nn(C)c2cnc(N(Cc3cccc(N4CCOCC4)c3)CC(C)C)nc12. The number of ether oxygens (including phenoxy) is 1. The number of anilines is 2. The van der Waals surface area contributed by atoms with Crippen LogP contribution in [0, 0.1) is 5.92 Å². The zero-order chi connectivity index (χ0) is 21.8. The smallest absolute Gasteiger partial charge is 0.226 e. The van der Waals surface area contributed by atoms with Gasteiger partial charge in [0, 0.05) is 38.9 Å². The lowest BCUT2D eigenvalue weighted by atomic mass is 10.1. The molecule has 0 saturated carbocycles. The highest BCUT2D eigenvalue weighted by atomic mass is 16.5. The maximum Gasteiger partial charge on any atom is 0.226 e. The Kier molecular flexibility index (Phi) is 6.70. The van der Waals surface area contributed by atoms with Crippen molar-refractivity contribution in [2.24, 2.45) is 13.0 Å². The second-order valence-electron chi connectivity index (χ2n) is 8.77. The predicted octanol–water partition coefficient (Wildman–Crippen LogP) is 3.82. The second kappa shape index (κ2) is 9.64. The number of aryl methyl sites for hydroxylation is 2. The molecule has 0 radical (unpaired) electrons. The summed E-state index contributed by atoms with van der Waals surface area (Å²) in [4.78, 5) is 14.4. The van der Waals surface area contributed by atoms with E-state index in [-0.39, 0.29) is 0 Å². The van der Waals surface area contributed by atoms with E-state index in [1.807, 2.05) is 17.9 Å². The lowest BCUT2D eigenvalue weighted by Gasteiger charge is -2.30. The van der Waals surface area contributed by atoms with Crippen molar-refractivity contribution in [1.29, 1.82) is 0 Å². The first-order valence-corrected chi connectivity index (χ1v) is 11.4. The van der Waals surface area contributed by atoms with Gasteiger partial charge in [0.05, 0.1) is 25.1 Å². The summed E-state index contributed by atoms with van der Waals surface area (Å²) in [6.07, 6.45) is 3.90. The van der Waals surface area contributed by atoms with E-state index in [2.05, 4.69) is 59.9 Å². The first-order valence-electron chi connectivity index (χ1n) is 11.4. The van der Waals surface area contributed by atoms with E-state index in [0.717, 1.165) is 74.9 Å². The second-order valence-corrected chi connectivity index (χ2v) is 8.77. The number of hydrogen-bond donors (Lipinski definition) is 0. The van der Waals surface area contributed by atoms with Gasteiger partial charge in [0.15, 0.2) is 0 Å². The van der Waals surface area contributed by atoms with E-state index < -0.39 is 0 Å². The van der Waals surface area contributed by atoms with Crippen molar-refractivity contribution in [3.05, 3.63) is 41.7 Å². The Bertz CT molecular complexity index is 1010. The van der Waals surface area contributed by atoms with E-state index in [9.17, 15) is 0 Å². The molecule has 7 nitrogen and oxygen atoms in total. The van der Waals surface area contributed by atoms with Crippen molar-refractivity contribution in [1.82, 2.24) is 19.7 Å². The molecule has 31 heavy (non-hydrogen) atoms. The van der Waals surface area contributed by atoms with Gasteiger partial charge < -0.3 is 14.5 Å². The highest BCUT2D eigenvalue weighted by molar-refractivity contribution is 5.78. The van der Waals surface area contributed by atoms with Crippen molar-refractivity contribution < 1.29 is 4.74 Å². The molecule has 4 rings (SSSR count). The largest absolute Gasteiger partial charge is 0.378 e. The Hall–Kier alpha value is -2.67. The van der Waals surface area contributed by atoms with Crippen LogP contribution in [0.2, 0.25) is 0 Å². The number of nitrogens with zero attached hydrogens (tertiary/aromatic N) is 6. The first-order chi connectivity index (χ1) is 15.0. The van der Waals surface area contributed by atoms with Crippen LogP contribution in [0.4, 0.5) is 11.6 Å². The van der Waals surface area contributed by atoms with Gasteiger partial charge in [-0.25, -0.2) is 9.97 Å². The minimum absolute atomic E-state index is 0.505. The number of morpholine rings is 1. The van der Waals surface area contributed by atoms with E-state index in [4.69, 9.17) is 14.7 Å². The molecule has 1 aromatic carbocycles. The van der Waals surface area contributed by atoms with Crippen LogP contribution in [0.25, 0.3) is 11.0 Å². The van der Waals surface area contributed by atoms with Gasteiger partial charge in [-0.2, -0.15) is 5.10 Å². The third-order valence-electron chi connectivity index (χ3n) is 5.66. The fraction of sp³-hybridized carbons (Fsp3) is 0.542. The van der Waals surface area contributed by atoms with E-state index in [0.29, 0.717) is 5.92 Å². The van der Waals surface area contributed by atoms with Crippen LogP contribution in [0.15, 0.2) is 30.5 Å². The predicted molar refractivity (Wildman–Crippen MR) is 126 cm³/mol. The number of hydrogen-bond acceptors (Lipinski definition) is 6. The zero-order valence-electron chi connectivity index (χ0n) is 19.2. The minimum atomic E-state index is 0.505. The Labute approximate surface area is 185 Å². The summed E-state index contributed by atoms with van der Waals surface area (Å²) in [5, 5.41) is 4.67. The standard InChI is InChI=1S/C24H34N6O/c1-5-7-21-23-22(28(4)27-21)15-25-24(26-23)30(16-18(2)3)17-19-8-6-9-20(14-19)29-10-12-31-13-11-29/h6,8-9,14-15,18H,5,7,10-13,16-17H2,1-4H3. The van der Waals surface area contributed by atoms with Gasteiger partial charge in [-0.05, 0) is 30.0 Å². The quantitative estimate of drug-likeness (QED) is 0.550. The van der Waals surface area contributed by atoms with Crippen LogP contribution < -0.4 is 9.80 Å². The maximum atomic E-state index is 5.51. The van der Waals surface area contributed by atoms with E-state index in [1.54, 1.807) is 0 Å². The van der Waals surface area contributed by atoms with Crippen molar-refractivity contribution in [2.75, 3.05) is 42.6 Å². The van der Waals surface area contributed by atoms with Crippen LogP contribution >= 0.6 is 0 Å². The summed E-state index contributed by atoms with van der Waals surface area (Å²) >= 11 is 0. The molecular weight excluding hydrogens is 388 g/mol. The molecule has 7 heteroatoms. The monoisotopic (exact) mass is 422 g/mol. The molecule has 0 unspecified atom stereocenters. The van der Waals surface area contributed by atoms with Gasteiger partial charge in [-0.1, -0.05) is 39.3 Å². The molecule has 1 aliphatic rings. The van der Waals surface area contributed by atoms with E-state index in [1.165, 1.54) is 11.3 Å². The molecule has 166 valence electrons. The fourth-order valence-corrected chi connectivity index (χ4v) is 4.21.